The number of thiazole rings is 1. The Kier molecular flexibility index (Phi) is 3.44. The van der Waals surface area contributed by atoms with Gasteiger partial charge in [0.1, 0.15) is 11.6 Å². The summed E-state index contributed by atoms with van der Waals surface area (Å²) >= 11 is 1.48. The summed E-state index contributed by atoms with van der Waals surface area (Å²) < 4.78 is 13.4. The smallest absolute Gasteiger partial charge is 0.173 e. The third-order valence-electron chi connectivity index (χ3n) is 3.34. The van der Waals surface area contributed by atoms with E-state index in [1.807, 2.05) is 24.3 Å². The van der Waals surface area contributed by atoms with Crippen molar-refractivity contribution in [2.75, 3.05) is 5.32 Å². The zero-order chi connectivity index (χ0) is 15.6. The number of anilines is 2. The lowest BCUT2D eigenvalue weighted by Crippen LogP contribution is -1.99. The van der Waals surface area contributed by atoms with Crippen molar-refractivity contribution in [3.63, 3.8) is 0 Å². The van der Waals surface area contributed by atoms with Crippen molar-refractivity contribution >= 4 is 33.7 Å². The predicted molar refractivity (Wildman–Crippen MR) is 90.3 cm³/mol. The Hall–Kier alpha value is -2.86. The fourth-order valence-corrected chi connectivity index (χ4v) is 2.86. The number of hydrogen-bond acceptors (Lipinski definition) is 5. The maximum Gasteiger partial charge on any atom is 0.173 e. The van der Waals surface area contributed by atoms with Crippen LogP contribution in [0.15, 0.2) is 60.2 Å². The summed E-state index contributed by atoms with van der Waals surface area (Å²) in [4.78, 5) is 14.1. The number of nitrogens with one attached hydrogen (secondary N) is 1. The van der Waals surface area contributed by atoms with Crippen molar-refractivity contribution < 1.29 is 4.39 Å². The van der Waals surface area contributed by atoms with Gasteiger partial charge < -0.3 is 5.32 Å². The van der Waals surface area contributed by atoms with Crippen LogP contribution in [-0.4, -0.2) is 15.0 Å². The van der Waals surface area contributed by atoms with Gasteiger partial charge in [-0.3, -0.25) is 4.98 Å². The first-order valence-electron chi connectivity index (χ1n) is 6.98. The molecule has 0 fully saturated rings. The zero-order valence-corrected chi connectivity index (χ0v) is 12.7. The fourth-order valence-electron chi connectivity index (χ4n) is 2.31. The third-order valence-corrected chi connectivity index (χ3v) is 4.11. The summed E-state index contributed by atoms with van der Waals surface area (Å²) in [7, 11) is 0. The van der Waals surface area contributed by atoms with Crippen LogP contribution in [0.25, 0.3) is 21.6 Å². The van der Waals surface area contributed by atoms with Crippen LogP contribution < -0.4 is 5.32 Å². The number of benzene rings is 2. The second-order valence-electron chi connectivity index (χ2n) is 4.91. The molecule has 112 valence electrons. The largest absolute Gasteiger partial charge is 0.340 e. The number of nitrogens with zero attached hydrogens (tertiary/aromatic N) is 3. The molecule has 2 heterocycles. The average molecular weight is 322 g/mol. The molecule has 1 N–H and O–H groups in total. The first-order valence-corrected chi connectivity index (χ1v) is 7.86. The highest BCUT2D eigenvalue weighted by Gasteiger charge is 2.10. The highest BCUT2D eigenvalue weighted by Crippen LogP contribution is 2.28. The van der Waals surface area contributed by atoms with Gasteiger partial charge >= 0.3 is 0 Å². The Balaban J connectivity index is 1.86. The number of aromatic nitrogens is 3. The summed E-state index contributed by atoms with van der Waals surface area (Å²) in [6, 6.07) is 14.0. The first kappa shape index (κ1) is 13.8. The number of fused-ring (bicyclic) bond motifs is 1. The Morgan fingerprint density at radius 2 is 1.91 bits per heavy atom. The molecule has 0 radical (unpaired) electrons. The molecule has 2 aromatic carbocycles. The number of para-hydroxylation sites is 1. The van der Waals surface area contributed by atoms with E-state index in [1.54, 1.807) is 23.8 Å². The number of halogens is 1. The van der Waals surface area contributed by atoms with Crippen LogP contribution in [0.4, 0.5) is 15.9 Å². The van der Waals surface area contributed by atoms with Crippen LogP contribution in [0.1, 0.15) is 0 Å². The second kappa shape index (κ2) is 5.73. The molecular formula is C17H11FN4S. The molecule has 0 saturated carbocycles. The van der Waals surface area contributed by atoms with Gasteiger partial charge in [-0.1, -0.05) is 18.2 Å². The molecule has 0 unspecified atom stereocenters. The Morgan fingerprint density at radius 3 is 2.74 bits per heavy atom. The quantitative estimate of drug-likeness (QED) is 0.597. The minimum Gasteiger partial charge on any atom is -0.340 e. The van der Waals surface area contributed by atoms with Crippen molar-refractivity contribution in [1.29, 1.82) is 0 Å². The van der Waals surface area contributed by atoms with Crippen LogP contribution in [-0.2, 0) is 0 Å². The maximum atomic E-state index is 13.4. The SMILES string of the molecule is Fc1cccc(Nc2nc(-c3cncs3)nc3ccccc23)c1. The van der Waals surface area contributed by atoms with E-state index in [0.717, 1.165) is 15.8 Å². The van der Waals surface area contributed by atoms with Crippen molar-refractivity contribution in [2.24, 2.45) is 0 Å². The number of rotatable bonds is 3. The summed E-state index contributed by atoms with van der Waals surface area (Å²) in [6.07, 6.45) is 1.74. The van der Waals surface area contributed by atoms with Crippen LogP contribution >= 0.6 is 11.3 Å². The van der Waals surface area contributed by atoms with Gasteiger partial charge in [-0.2, -0.15) is 0 Å². The molecule has 0 atom stereocenters. The van der Waals surface area contributed by atoms with Crippen LogP contribution in [0.5, 0.6) is 0 Å². The Bertz CT molecular complexity index is 969. The van der Waals surface area contributed by atoms with Gasteiger partial charge in [0.2, 0.25) is 0 Å². The molecule has 0 amide bonds. The molecule has 23 heavy (non-hydrogen) atoms. The van der Waals surface area contributed by atoms with E-state index in [-0.39, 0.29) is 5.82 Å². The normalized spacial score (nSPS) is 10.8. The van der Waals surface area contributed by atoms with E-state index < -0.39 is 0 Å². The average Bonchev–Trinajstić information content (AvgIpc) is 3.09. The highest BCUT2D eigenvalue weighted by atomic mass is 32.1. The maximum absolute atomic E-state index is 13.4. The lowest BCUT2D eigenvalue weighted by molar-refractivity contribution is 0.628. The standard InChI is InChI=1S/C17H11FN4S/c18-11-4-3-5-12(8-11)20-16-13-6-1-2-7-14(13)21-17(22-16)15-9-19-10-23-15/h1-10H,(H,20,21,22). The molecule has 6 heteroatoms. The second-order valence-corrected chi connectivity index (χ2v) is 5.80. The molecule has 0 spiro atoms. The molecule has 0 aliphatic carbocycles. The summed E-state index contributed by atoms with van der Waals surface area (Å²) in [5, 5.41) is 4.06. The third kappa shape index (κ3) is 2.76. The monoisotopic (exact) mass is 322 g/mol. The summed E-state index contributed by atoms with van der Waals surface area (Å²) in [5.41, 5.74) is 3.21. The van der Waals surface area contributed by atoms with Gasteiger partial charge in [0.05, 0.1) is 15.9 Å². The molecule has 0 aliphatic heterocycles. The zero-order valence-electron chi connectivity index (χ0n) is 11.9. The molecule has 4 aromatic rings. The van der Waals surface area contributed by atoms with Gasteiger partial charge in [-0.15, -0.1) is 11.3 Å². The lowest BCUT2D eigenvalue weighted by Gasteiger charge is -2.10. The minimum absolute atomic E-state index is 0.295. The predicted octanol–water partition coefficient (Wildman–Crippen LogP) is 4.64. The van der Waals surface area contributed by atoms with Crippen LogP contribution in [0, 0.1) is 5.82 Å². The summed E-state index contributed by atoms with van der Waals surface area (Å²) in [6.45, 7) is 0. The van der Waals surface area contributed by atoms with Crippen molar-refractivity contribution in [2.45, 2.75) is 0 Å². The molecular weight excluding hydrogens is 311 g/mol. The van der Waals surface area contributed by atoms with Gasteiger partial charge in [0, 0.05) is 17.3 Å². The van der Waals surface area contributed by atoms with Crippen molar-refractivity contribution in [1.82, 2.24) is 15.0 Å². The van der Waals surface area contributed by atoms with Gasteiger partial charge in [-0.05, 0) is 30.3 Å². The van der Waals surface area contributed by atoms with E-state index in [0.29, 0.717) is 17.3 Å². The topological polar surface area (TPSA) is 50.7 Å². The van der Waals surface area contributed by atoms with Crippen molar-refractivity contribution in [3.05, 3.63) is 66.1 Å². The number of hydrogen-bond donors (Lipinski definition) is 1. The van der Waals surface area contributed by atoms with E-state index in [9.17, 15) is 4.39 Å². The Morgan fingerprint density at radius 1 is 1.00 bits per heavy atom. The fraction of sp³-hybridized carbons (Fsp3) is 0. The molecule has 0 aliphatic rings. The molecule has 4 nitrogen and oxygen atoms in total. The molecule has 4 rings (SSSR count). The van der Waals surface area contributed by atoms with Gasteiger partial charge in [0.15, 0.2) is 5.82 Å². The first-order chi connectivity index (χ1) is 11.3. The van der Waals surface area contributed by atoms with Gasteiger partial charge in [0.25, 0.3) is 0 Å². The highest BCUT2D eigenvalue weighted by molar-refractivity contribution is 7.13. The van der Waals surface area contributed by atoms with Crippen LogP contribution in [0.2, 0.25) is 0 Å². The molecule has 2 aromatic heterocycles. The van der Waals surface area contributed by atoms with Crippen LogP contribution in [0.3, 0.4) is 0 Å². The lowest BCUT2D eigenvalue weighted by atomic mass is 10.2. The van der Waals surface area contributed by atoms with Crippen molar-refractivity contribution in [3.8, 4) is 10.7 Å². The molecule has 0 bridgehead atoms. The minimum atomic E-state index is -0.295. The summed E-state index contributed by atoms with van der Waals surface area (Å²) in [5.74, 6) is 0.950. The van der Waals surface area contributed by atoms with E-state index in [4.69, 9.17) is 0 Å². The molecule has 0 saturated heterocycles. The van der Waals surface area contributed by atoms with E-state index >= 15 is 0 Å². The Labute approximate surface area is 135 Å². The van der Waals surface area contributed by atoms with Gasteiger partial charge in [-0.25, -0.2) is 14.4 Å². The van der Waals surface area contributed by atoms with E-state index in [1.165, 1.54) is 23.5 Å². The van der Waals surface area contributed by atoms with E-state index in [2.05, 4.69) is 20.3 Å².